The highest BCUT2D eigenvalue weighted by molar-refractivity contribution is 5.72. The van der Waals surface area contributed by atoms with E-state index in [2.05, 4.69) is 56.0 Å². The van der Waals surface area contributed by atoms with Crippen molar-refractivity contribution in [2.45, 2.75) is 38.6 Å². The lowest BCUT2D eigenvalue weighted by atomic mass is 9.77. The second-order valence-electron chi connectivity index (χ2n) is 8.07. The summed E-state index contributed by atoms with van der Waals surface area (Å²) in [5.41, 5.74) is 3.69. The van der Waals surface area contributed by atoms with Gasteiger partial charge in [-0.05, 0) is 22.1 Å². The summed E-state index contributed by atoms with van der Waals surface area (Å²) < 4.78 is 0. The summed E-state index contributed by atoms with van der Waals surface area (Å²) >= 11 is 0. The highest BCUT2D eigenvalue weighted by atomic mass is 16.4. The van der Waals surface area contributed by atoms with Gasteiger partial charge in [0.15, 0.2) is 0 Å². The van der Waals surface area contributed by atoms with E-state index in [1.165, 1.54) is 16.7 Å². The second kappa shape index (κ2) is 7.01. The van der Waals surface area contributed by atoms with Crippen molar-refractivity contribution in [1.82, 2.24) is 4.90 Å². The Morgan fingerprint density at radius 1 is 1.04 bits per heavy atom. The molecule has 3 nitrogen and oxygen atoms in total. The fourth-order valence-corrected chi connectivity index (χ4v) is 3.92. The van der Waals surface area contributed by atoms with Crippen LogP contribution >= 0.6 is 0 Å². The molecule has 0 saturated carbocycles. The van der Waals surface area contributed by atoms with Gasteiger partial charge in [-0.15, -0.1) is 0 Å². The average Bonchev–Trinajstić information content (AvgIpc) is 2.99. The summed E-state index contributed by atoms with van der Waals surface area (Å²) in [4.78, 5) is 14.2. The van der Waals surface area contributed by atoms with Crippen LogP contribution in [0.15, 0.2) is 54.6 Å². The van der Waals surface area contributed by atoms with E-state index in [9.17, 15) is 9.90 Å². The second-order valence-corrected chi connectivity index (χ2v) is 8.07. The van der Waals surface area contributed by atoms with Gasteiger partial charge in [0.1, 0.15) is 0 Å². The first-order valence-electron chi connectivity index (χ1n) is 8.95. The van der Waals surface area contributed by atoms with Crippen LogP contribution in [0.4, 0.5) is 0 Å². The van der Waals surface area contributed by atoms with Crippen molar-refractivity contribution in [3.05, 3.63) is 71.3 Å². The van der Waals surface area contributed by atoms with Crippen LogP contribution in [-0.2, 0) is 16.8 Å². The predicted molar refractivity (Wildman–Crippen MR) is 101 cm³/mol. The largest absolute Gasteiger partial charge is 0.481 e. The predicted octanol–water partition coefficient (Wildman–Crippen LogP) is 4.28. The zero-order chi connectivity index (χ0) is 18.0. The van der Waals surface area contributed by atoms with Gasteiger partial charge in [-0.25, -0.2) is 0 Å². The van der Waals surface area contributed by atoms with Crippen LogP contribution in [0.2, 0.25) is 0 Å². The third kappa shape index (κ3) is 3.93. The Bertz CT molecular complexity index is 733. The van der Waals surface area contributed by atoms with E-state index in [0.717, 1.165) is 13.1 Å². The van der Waals surface area contributed by atoms with E-state index < -0.39 is 5.97 Å². The van der Waals surface area contributed by atoms with E-state index >= 15 is 0 Å². The molecule has 1 aliphatic heterocycles. The van der Waals surface area contributed by atoms with Crippen LogP contribution in [0.1, 0.15) is 43.4 Å². The maximum atomic E-state index is 11.9. The summed E-state index contributed by atoms with van der Waals surface area (Å²) in [5, 5.41) is 9.80. The number of nitrogens with zero attached hydrogens (tertiary/aromatic N) is 1. The molecule has 25 heavy (non-hydrogen) atoms. The normalized spacial score (nSPS) is 21.4. The maximum absolute atomic E-state index is 11.9. The minimum atomic E-state index is -0.690. The molecular weight excluding hydrogens is 310 g/mol. The number of carboxylic acid groups (broad SMARTS) is 1. The Morgan fingerprint density at radius 3 is 2.32 bits per heavy atom. The van der Waals surface area contributed by atoms with Crippen molar-refractivity contribution < 1.29 is 9.90 Å². The Balaban J connectivity index is 1.89. The van der Waals surface area contributed by atoms with E-state index in [1.807, 2.05) is 24.3 Å². The van der Waals surface area contributed by atoms with Crippen molar-refractivity contribution in [1.29, 1.82) is 0 Å². The van der Waals surface area contributed by atoms with E-state index in [-0.39, 0.29) is 17.3 Å². The highest BCUT2D eigenvalue weighted by Crippen LogP contribution is 2.39. The van der Waals surface area contributed by atoms with E-state index in [4.69, 9.17) is 0 Å². The van der Waals surface area contributed by atoms with Gasteiger partial charge in [-0.2, -0.15) is 0 Å². The Hall–Kier alpha value is -2.13. The standard InChI is InChI=1S/C22H27NO2/c1-22(2,3)20-12-8-7-11-17(20)18-14-23(15-19(18)21(24)25)13-16-9-5-4-6-10-16/h4-12,18-19H,13-15H2,1-3H3,(H,24,25)/t18-,19+/m1/s1. The summed E-state index contributed by atoms with van der Waals surface area (Å²) in [5.74, 6) is -1.01. The summed E-state index contributed by atoms with van der Waals surface area (Å²) in [7, 11) is 0. The molecule has 0 unspecified atom stereocenters. The average molecular weight is 337 g/mol. The molecule has 3 heteroatoms. The fraction of sp³-hybridized carbons (Fsp3) is 0.409. The number of benzene rings is 2. The lowest BCUT2D eigenvalue weighted by molar-refractivity contribution is -0.141. The van der Waals surface area contributed by atoms with Crippen LogP contribution < -0.4 is 0 Å². The van der Waals surface area contributed by atoms with E-state index in [0.29, 0.717) is 6.54 Å². The smallest absolute Gasteiger partial charge is 0.308 e. The molecule has 0 radical (unpaired) electrons. The number of rotatable bonds is 4. The van der Waals surface area contributed by atoms with Crippen LogP contribution in [0.5, 0.6) is 0 Å². The van der Waals surface area contributed by atoms with Gasteiger partial charge < -0.3 is 5.11 Å². The molecule has 2 aromatic carbocycles. The molecular formula is C22H27NO2. The van der Waals surface area contributed by atoms with Crippen LogP contribution in [0, 0.1) is 5.92 Å². The highest BCUT2D eigenvalue weighted by Gasteiger charge is 2.40. The number of likely N-dealkylation sites (tertiary alicyclic amines) is 1. The first-order chi connectivity index (χ1) is 11.9. The van der Waals surface area contributed by atoms with Crippen molar-refractivity contribution in [2.24, 2.45) is 5.92 Å². The van der Waals surface area contributed by atoms with Crippen molar-refractivity contribution in [3.8, 4) is 0 Å². The first kappa shape index (κ1) is 17.7. The van der Waals surface area contributed by atoms with Crippen LogP contribution in [0.25, 0.3) is 0 Å². The molecule has 0 aliphatic carbocycles. The minimum absolute atomic E-state index is 0.00645. The molecule has 132 valence electrons. The summed E-state index contributed by atoms with van der Waals surface area (Å²) in [6.45, 7) is 8.78. The number of carboxylic acids is 1. The number of carbonyl (C=O) groups is 1. The number of hydrogen-bond acceptors (Lipinski definition) is 2. The van der Waals surface area contributed by atoms with Gasteiger partial charge in [0.2, 0.25) is 0 Å². The third-order valence-electron chi connectivity index (χ3n) is 5.13. The lowest BCUT2D eigenvalue weighted by Crippen LogP contribution is -2.24. The molecule has 1 heterocycles. The van der Waals surface area contributed by atoms with Gasteiger partial charge in [0, 0.05) is 25.6 Å². The molecule has 1 fully saturated rings. The van der Waals surface area contributed by atoms with Crippen LogP contribution in [0.3, 0.4) is 0 Å². The van der Waals surface area contributed by atoms with Gasteiger partial charge in [0.05, 0.1) is 5.92 Å². The minimum Gasteiger partial charge on any atom is -0.481 e. The van der Waals surface area contributed by atoms with Gasteiger partial charge in [-0.3, -0.25) is 9.69 Å². The number of hydrogen-bond donors (Lipinski definition) is 1. The third-order valence-corrected chi connectivity index (χ3v) is 5.13. The zero-order valence-corrected chi connectivity index (χ0v) is 15.3. The monoisotopic (exact) mass is 337 g/mol. The maximum Gasteiger partial charge on any atom is 0.308 e. The zero-order valence-electron chi connectivity index (χ0n) is 15.3. The SMILES string of the molecule is CC(C)(C)c1ccccc1[C@H]1CN(Cc2ccccc2)C[C@@H]1C(=O)O. The van der Waals surface area contributed by atoms with Crippen LogP contribution in [-0.4, -0.2) is 29.1 Å². The van der Waals surface area contributed by atoms with E-state index in [1.54, 1.807) is 0 Å². The van der Waals surface area contributed by atoms with Gasteiger partial charge >= 0.3 is 5.97 Å². The topological polar surface area (TPSA) is 40.5 Å². The molecule has 0 bridgehead atoms. The molecule has 0 aromatic heterocycles. The Labute approximate surface area is 150 Å². The summed E-state index contributed by atoms with van der Waals surface area (Å²) in [6, 6.07) is 18.6. The number of aliphatic carboxylic acids is 1. The first-order valence-corrected chi connectivity index (χ1v) is 8.95. The molecule has 1 aliphatic rings. The summed E-state index contributed by atoms with van der Waals surface area (Å²) in [6.07, 6.45) is 0. The molecule has 0 amide bonds. The molecule has 1 N–H and O–H groups in total. The van der Waals surface area contributed by atoms with Gasteiger partial charge in [0.25, 0.3) is 0 Å². The molecule has 1 saturated heterocycles. The molecule has 0 spiro atoms. The van der Waals surface area contributed by atoms with Gasteiger partial charge in [-0.1, -0.05) is 75.4 Å². The molecule has 2 atom stereocenters. The van der Waals surface area contributed by atoms with Crippen molar-refractivity contribution >= 4 is 5.97 Å². The fourth-order valence-electron chi connectivity index (χ4n) is 3.92. The van der Waals surface area contributed by atoms with Crippen molar-refractivity contribution in [3.63, 3.8) is 0 Å². The Morgan fingerprint density at radius 2 is 1.68 bits per heavy atom. The molecule has 3 rings (SSSR count). The molecule has 2 aromatic rings. The van der Waals surface area contributed by atoms with Crippen molar-refractivity contribution in [2.75, 3.05) is 13.1 Å². The lowest BCUT2D eigenvalue weighted by Gasteiger charge is -2.27. The Kier molecular flexibility index (Phi) is 4.96. The quantitative estimate of drug-likeness (QED) is 0.905.